The number of phenols is 1. The van der Waals surface area contributed by atoms with Crippen molar-refractivity contribution >= 4 is 29.6 Å². The summed E-state index contributed by atoms with van der Waals surface area (Å²) in [6.07, 6.45) is 0. The second kappa shape index (κ2) is 4.02. The summed E-state index contributed by atoms with van der Waals surface area (Å²) in [6, 6.07) is 5.51. The third kappa shape index (κ3) is 2.74. The van der Waals surface area contributed by atoms with E-state index in [4.69, 9.17) is 5.11 Å². The Hall–Kier alpha value is 0.0200. The Morgan fingerprint density at radius 1 is 1.00 bits per heavy atom. The van der Waals surface area contributed by atoms with Crippen LogP contribution in [0.4, 0.5) is 0 Å². The van der Waals surface area contributed by atoms with Crippen LogP contribution in [-0.2, 0) is 0 Å². The number of hydrogen-bond acceptors (Lipinski definition) is 1. The molecule has 0 aromatic heterocycles. The summed E-state index contributed by atoms with van der Waals surface area (Å²) in [5, 5.41) is 8.99. The standard InChI is InChI=1S/C8H10O.Na.H/c1-6-3-7(2)5-8(9)4-6;;/h3-5,9H,1-2H3;;. The Kier molecular flexibility index (Phi) is 4.02. The second-order valence-corrected chi connectivity index (χ2v) is 2.35. The molecule has 0 saturated heterocycles. The van der Waals surface area contributed by atoms with E-state index in [0.717, 1.165) is 11.1 Å². The van der Waals surface area contributed by atoms with Crippen LogP contribution in [0.15, 0.2) is 18.2 Å². The number of hydrogen-bond donors (Lipinski definition) is 1. The first-order chi connectivity index (χ1) is 4.18. The van der Waals surface area contributed by atoms with E-state index in [9.17, 15) is 0 Å². The molecule has 1 aromatic rings. The quantitative estimate of drug-likeness (QED) is 0.548. The van der Waals surface area contributed by atoms with Gasteiger partial charge in [-0.1, -0.05) is 6.07 Å². The number of aromatic hydroxyl groups is 1. The van der Waals surface area contributed by atoms with Gasteiger partial charge in [0.25, 0.3) is 0 Å². The summed E-state index contributed by atoms with van der Waals surface area (Å²) in [5.41, 5.74) is 2.21. The zero-order valence-electron chi connectivity index (χ0n) is 5.68. The molecular formula is C8H11NaO. The van der Waals surface area contributed by atoms with Crippen molar-refractivity contribution < 1.29 is 5.11 Å². The van der Waals surface area contributed by atoms with Gasteiger partial charge in [0.1, 0.15) is 5.75 Å². The Morgan fingerprint density at radius 2 is 1.40 bits per heavy atom. The first-order valence-electron chi connectivity index (χ1n) is 2.96. The first kappa shape index (κ1) is 10.0. The predicted molar refractivity (Wildman–Crippen MR) is 44.7 cm³/mol. The van der Waals surface area contributed by atoms with Crippen LogP contribution >= 0.6 is 0 Å². The van der Waals surface area contributed by atoms with E-state index in [1.807, 2.05) is 19.9 Å². The van der Waals surface area contributed by atoms with E-state index in [0.29, 0.717) is 5.75 Å². The Morgan fingerprint density at radius 3 is 1.70 bits per heavy atom. The zero-order chi connectivity index (χ0) is 6.85. The molecule has 1 aromatic carbocycles. The van der Waals surface area contributed by atoms with Gasteiger partial charge in [-0.15, -0.1) is 0 Å². The molecule has 0 heterocycles. The Bertz CT molecular complexity index is 170. The SMILES string of the molecule is Cc1cc(C)cc(O)c1.[NaH]. The van der Waals surface area contributed by atoms with Crippen molar-refractivity contribution in [2.45, 2.75) is 13.8 Å². The fraction of sp³-hybridized carbons (Fsp3) is 0.250. The number of benzene rings is 1. The van der Waals surface area contributed by atoms with Gasteiger partial charge in [-0.3, -0.25) is 0 Å². The Balaban J connectivity index is 0.000000810. The molecule has 0 aliphatic rings. The maximum atomic E-state index is 8.99. The van der Waals surface area contributed by atoms with E-state index in [-0.39, 0.29) is 29.6 Å². The van der Waals surface area contributed by atoms with E-state index in [2.05, 4.69) is 0 Å². The van der Waals surface area contributed by atoms with Gasteiger partial charge >= 0.3 is 29.6 Å². The van der Waals surface area contributed by atoms with Crippen molar-refractivity contribution in [3.63, 3.8) is 0 Å². The summed E-state index contributed by atoms with van der Waals surface area (Å²) in [7, 11) is 0. The molecule has 0 aliphatic heterocycles. The molecule has 0 bridgehead atoms. The monoisotopic (exact) mass is 146 g/mol. The third-order valence-electron chi connectivity index (χ3n) is 1.21. The van der Waals surface area contributed by atoms with Gasteiger partial charge in [-0.25, -0.2) is 0 Å². The van der Waals surface area contributed by atoms with Gasteiger partial charge in [0.05, 0.1) is 0 Å². The second-order valence-electron chi connectivity index (χ2n) is 2.35. The van der Waals surface area contributed by atoms with Gasteiger partial charge in [0.15, 0.2) is 0 Å². The minimum absolute atomic E-state index is 0. The molecule has 0 saturated carbocycles. The van der Waals surface area contributed by atoms with E-state index in [1.165, 1.54) is 0 Å². The van der Waals surface area contributed by atoms with Crippen LogP contribution in [0.1, 0.15) is 11.1 Å². The maximum absolute atomic E-state index is 8.99. The van der Waals surface area contributed by atoms with Crippen molar-refractivity contribution in [2.24, 2.45) is 0 Å². The summed E-state index contributed by atoms with van der Waals surface area (Å²) in [6.45, 7) is 3.93. The first-order valence-corrected chi connectivity index (χ1v) is 2.96. The van der Waals surface area contributed by atoms with E-state index >= 15 is 0 Å². The fourth-order valence-corrected chi connectivity index (χ4v) is 0.951. The molecule has 0 radical (unpaired) electrons. The van der Waals surface area contributed by atoms with Crippen LogP contribution in [0.3, 0.4) is 0 Å². The molecule has 0 atom stereocenters. The van der Waals surface area contributed by atoms with Crippen LogP contribution in [0, 0.1) is 13.8 Å². The van der Waals surface area contributed by atoms with Crippen LogP contribution < -0.4 is 0 Å². The normalized spacial score (nSPS) is 8.60. The van der Waals surface area contributed by atoms with Gasteiger partial charge in [-0.05, 0) is 37.1 Å². The molecule has 2 heteroatoms. The van der Waals surface area contributed by atoms with Crippen molar-refractivity contribution in [1.82, 2.24) is 0 Å². The average molecular weight is 146 g/mol. The molecule has 50 valence electrons. The summed E-state index contributed by atoms with van der Waals surface area (Å²) < 4.78 is 0. The van der Waals surface area contributed by atoms with Crippen LogP contribution in [0.25, 0.3) is 0 Å². The summed E-state index contributed by atoms with van der Waals surface area (Å²) in [5.74, 6) is 0.354. The third-order valence-corrected chi connectivity index (χ3v) is 1.21. The van der Waals surface area contributed by atoms with Crippen LogP contribution in [0.2, 0.25) is 0 Å². The summed E-state index contributed by atoms with van der Waals surface area (Å²) in [4.78, 5) is 0. The van der Waals surface area contributed by atoms with E-state index < -0.39 is 0 Å². The van der Waals surface area contributed by atoms with Crippen molar-refractivity contribution in [2.75, 3.05) is 0 Å². The van der Waals surface area contributed by atoms with Crippen LogP contribution in [-0.4, -0.2) is 34.7 Å². The van der Waals surface area contributed by atoms with Crippen molar-refractivity contribution in [3.8, 4) is 5.75 Å². The van der Waals surface area contributed by atoms with Gasteiger partial charge in [-0.2, -0.15) is 0 Å². The molecular weight excluding hydrogens is 135 g/mol. The van der Waals surface area contributed by atoms with Crippen LogP contribution in [0.5, 0.6) is 5.75 Å². The zero-order valence-corrected chi connectivity index (χ0v) is 5.68. The minimum atomic E-state index is 0. The summed E-state index contributed by atoms with van der Waals surface area (Å²) >= 11 is 0. The molecule has 1 N–H and O–H groups in total. The van der Waals surface area contributed by atoms with Gasteiger partial charge < -0.3 is 5.11 Å². The topological polar surface area (TPSA) is 20.2 Å². The predicted octanol–water partition coefficient (Wildman–Crippen LogP) is 1.36. The number of aryl methyl sites for hydroxylation is 2. The average Bonchev–Trinajstić information content (AvgIpc) is 1.59. The molecule has 0 spiro atoms. The molecule has 10 heavy (non-hydrogen) atoms. The molecule has 1 nitrogen and oxygen atoms in total. The number of rotatable bonds is 0. The molecule has 0 amide bonds. The van der Waals surface area contributed by atoms with Crippen molar-refractivity contribution in [1.29, 1.82) is 0 Å². The molecule has 0 fully saturated rings. The van der Waals surface area contributed by atoms with Gasteiger partial charge in [0.2, 0.25) is 0 Å². The number of phenolic OH excluding ortho intramolecular Hbond substituents is 1. The molecule has 0 aliphatic carbocycles. The molecule has 0 unspecified atom stereocenters. The Labute approximate surface area is 83.4 Å². The fourth-order valence-electron chi connectivity index (χ4n) is 0.951. The van der Waals surface area contributed by atoms with Gasteiger partial charge in [0, 0.05) is 0 Å². The van der Waals surface area contributed by atoms with Crippen molar-refractivity contribution in [3.05, 3.63) is 29.3 Å². The molecule has 1 rings (SSSR count). The van der Waals surface area contributed by atoms with E-state index in [1.54, 1.807) is 12.1 Å².